The largest absolute Gasteiger partial charge is 0.486 e. The van der Waals surface area contributed by atoms with E-state index in [1.54, 1.807) is 48.1 Å². The number of aliphatic imine (C=N–C) groups is 1. The first-order chi connectivity index (χ1) is 15.0. The van der Waals surface area contributed by atoms with Crippen LogP contribution in [0.25, 0.3) is 0 Å². The van der Waals surface area contributed by atoms with Crippen LogP contribution in [0.3, 0.4) is 0 Å². The molecule has 0 fully saturated rings. The number of ether oxygens (including phenoxy) is 1. The zero-order valence-corrected chi connectivity index (χ0v) is 17.7. The van der Waals surface area contributed by atoms with E-state index in [9.17, 15) is 9.18 Å². The average Bonchev–Trinajstić information content (AvgIpc) is 2.78. The number of nitrogens with zero attached hydrogens (tertiary/aromatic N) is 2. The van der Waals surface area contributed by atoms with Gasteiger partial charge in [-0.25, -0.2) is 4.39 Å². The first kappa shape index (κ1) is 22.1. The second kappa shape index (κ2) is 11.0. The summed E-state index contributed by atoms with van der Waals surface area (Å²) >= 11 is 0. The summed E-state index contributed by atoms with van der Waals surface area (Å²) in [7, 11) is 1.69. The fourth-order valence-corrected chi connectivity index (χ4v) is 3.00. The van der Waals surface area contributed by atoms with E-state index in [4.69, 9.17) is 4.74 Å². The van der Waals surface area contributed by atoms with Crippen molar-refractivity contribution in [3.8, 4) is 5.75 Å². The number of hydrogen-bond acceptors (Lipinski definition) is 3. The molecule has 3 rings (SSSR count). The Balaban J connectivity index is 1.46. The minimum atomic E-state index is -0.377. The molecule has 2 aromatic carbocycles. The van der Waals surface area contributed by atoms with Crippen molar-refractivity contribution in [2.45, 2.75) is 26.1 Å². The summed E-state index contributed by atoms with van der Waals surface area (Å²) in [4.78, 5) is 16.0. The van der Waals surface area contributed by atoms with Gasteiger partial charge in [0.2, 0.25) is 0 Å². The lowest BCUT2D eigenvalue weighted by Crippen LogP contribution is -2.41. The number of nitrogens with one attached hydrogen (secondary N) is 2. The molecule has 7 heteroatoms. The third-order valence-corrected chi connectivity index (χ3v) is 4.68. The topological polar surface area (TPSA) is 67.7 Å². The van der Waals surface area contributed by atoms with E-state index in [2.05, 4.69) is 15.6 Å². The summed E-state index contributed by atoms with van der Waals surface area (Å²) < 4.78 is 21.0. The Morgan fingerprint density at radius 1 is 1.03 bits per heavy atom. The normalized spacial score (nSPS) is 12.3. The lowest BCUT2D eigenvalue weighted by Gasteiger charge is -2.18. The molecule has 3 aromatic rings. The van der Waals surface area contributed by atoms with Crippen LogP contribution in [0.1, 0.15) is 18.1 Å². The number of aromatic nitrogens is 1. The van der Waals surface area contributed by atoms with Gasteiger partial charge in [-0.05, 0) is 36.2 Å². The summed E-state index contributed by atoms with van der Waals surface area (Å²) in [6, 6.07) is 19.6. The van der Waals surface area contributed by atoms with Crippen LogP contribution in [0.5, 0.6) is 5.75 Å². The zero-order valence-electron chi connectivity index (χ0n) is 17.7. The minimum Gasteiger partial charge on any atom is -0.486 e. The van der Waals surface area contributed by atoms with Gasteiger partial charge < -0.3 is 19.9 Å². The Hall–Kier alpha value is -3.61. The first-order valence-electron chi connectivity index (χ1n) is 10.1. The predicted molar refractivity (Wildman–Crippen MR) is 121 cm³/mol. The van der Waals surface area contributed by atoms with Gasteiger partial charge in [0, 0.05) is 25.9 Å². The molecule has 0 bridgehead atoms. The summed E-state index contributed by atoms with van der Waals surface area (Å²) in [5.41, 5.74) is 2.12. The lowest BCUT2D eigenvalue weighted by molar-refractivity contribution is 0.214. The van der Waals surface area contributed by atoms with Gasteiger partial charge in [-0.2, -0.15) is 0 Å². The SMILES string of the molecule is CN=C(NCc1ccc(Cn2ccccc2=O)cc1)NCC(C)Oc1ccccc1F. The zero-order chi connectivity index (χ0) is 22.1. The van der Waals surface area contributed by atoms with Crippen molar-refractivity contribution in [2.75, 3.05) is 13.6 Å². The van der Waals surface area contributed by atoms with E-state index in [1.165, 1.54) is 6.07 Å². The van der Waals surface area contributed by atoms with E-state index in [-0.39, 0.29) is 23.2 Å². The van der Waals surface area contributed by atoms with Crippen molar-refractivity contribution in [1.82, 2.24) is 15.2 Å². The quantitative estimate of drug-likeness (QED) is 0.432. The molecule has 2 N–H and O–H groups in total. The Morgan fingerprint density at radius 3 is 2.45 bits per heavy atom. The van der Waals surface area contributed by atoms with Crippen molar-refractivity contribution >= 4 is 5.96 Å². The third-order valence-electron chi connectivity index (χ3n) is 4.68. The van der Waals surface area contributed by atoms with Gasteiger partial charge in [0.1, 0.15) is 6.10 Å². The van der Waals surface area contributed by atoms with Gasteiger partial charge in [0.05, 0.1) is 13.1 Å². The maximum absolute atomic E-state index is 13.7. The van der Waals surface area contributed by atoms with Gasteiger partial charge in [-0.15, -0.1) is 0 Å². The number of benzene rings is 2. The highest BCUT2D eigenvalue weighted by molar-refractivity contribution is 5.79. The Labute approximate surface area is 181 Å². The molecule has 31 heavy (non-hydrogen) atoms. The molecule has 1 unspecified atom stereocenters. The van der Waals surface area contributed by atoms with Crippen molar-refractivity contribution < 1.29 is 9.13 Å². The molecule has 0 saturated heterocycles. The van der Waals surface area contributed by atoms with Gasteiger partial charge >= 0.3 is 0 Å². The van der Waals surface area contributed by atoms with Gasteiger partial charge in [0.15, 0.2) is 17.5 Å². The Kier molecular flexibility index (Phi) is 7.81. The Morgan fingerprint density at radius 2 is 1.74 bits per heavy atom. The minimum absolute atomic E-state index is 0.0173. The molecule has 0 radical (unpaired) electrons. The second-order valence-electron chi connectivity index (χ2n) is 7.15. The highest BCUT2D eigenvalue weighted by Crippen LogP contribution is 2.16. The molecule has 0 aliphatic carbocycles. The van der Waals surface area contributed by atoms with E-state index in [0.29, 0.717) is 25.6 Å². The van der Waals surface area contributed by atoms with Crippen LogP contribution in [-0.2, 0) is 13.1 Å². The third kappa shape index (κ3) is 6.70. The summed E-state index contributed by atoms with van der Waals surface area (Å²) in [6.07, 6.45) is 1.54. The van der Waals surface area contributed by atoms with Crippen molar-refractivity contribution in [3.05, 3.63) is 100 Å². The van der Waals surface area contributed by atoms with E-state index in [0.717, 1.165) is 11.1 Å². The van der Waals surface area contributed by atoms with Crippen molar-refractivity contribution in [1.29, 1.82) is 0 Å². The fourth-order valence-electron chi connectivity index (χ4n) is 3.00. The molecule has 0 aliphatic rings. The highest BCUT2D eigenvalue weighted by Gasteiger charge is 2.09. The highest BCUT2D eigenvalue weighted by atomic mass is 19.1. The molecular weight excluding hydrogens is 395 g/mol. The number of para-hydroxylation sites is 1. The number of halogens is 1. The van der Waals surface area contributed by atoms with Crippen molar-refractivity contribution in [3.63, 3.8) is 0 Å². The van der Waals surface area contributed by atoms with Crippen LogP contribution < -0.4 is 20.9 Å². The molecular formula is C24H27FN4O2. The van der Waals surface area contributed by atoms with Crippen LogP contribution in [-0.4, -0.2) is 30.2 Å². The summed E-state index contributed by atoms with van der Waals surface area (Å²) in [5, 5.41) is 6.43. The standard InChI is InChI=1S/C24H27FN4O2/c1-18(31-22-8-4-3-7-21(22)25)15-27-24(26-2)28-16-19-10-12-20(13-11-19)17-29-14-6-5-9-23(29)30/h3-14,18H,15-17H2,1-2H3,(H2,26,27,28). The number of guanidine groups is 1. The van der Waals surface area contributed by atoms with Gasteiger partial charge in [-0.3, -0.25) is 9.79 Å². The molecule has 1 aromatic heterocycles. The molecule has 0 saturated carbocycles. The maximum atomic E-state index is 13.7. The predicted octanol–water partition coefficient (Wildman–Crippen LogP) is 3.17. The number of pyridine rings is 1. The fraction of sp³-hybridized carbons (Fsp3) is 0.250. The van der Waals surface area contributed by atoms with Gasteiger partial charge in [-0.1, -0.05) is 42.5 Å². The first-order valence-corrected chi connectivity index (χ1v) is 10.1. The van der Waals surface area contributed by atoms with E-state index >= 15 is 0 Å². The van der Waals surface area contributed by atoms with Crippen LogP contribution in [0.4, 0.5) is 4.39 Å². The monoisotopic (exact) mass is 422 g/mol. The van der Waals surface area contributed by atoms with E-state index in [1.807, 2.05) is 37.3 Å². The number of hydrogen-bond donors (Lipinski definition) is 2. The van der Waals surface area contributed by atoms with Crippen LogP contribution >= 0.6 is 0 Å². The molecule has 1 atom stereocenters. The van der Waals surface area contributed by atoms with Crippen LogP contribution in [0.15, 0.2) is 82.7 Å². The second-order valence-corrected chi connectivity index (χ2v) is 7.15. The molecule has 162 valence electrons. The van der Waals surface area contributed by atoms with Gasteiger partial charge in [0.25, 0.3) is 5.56 Å². The van der Waals surface area contributed by atoms with Crippen LogP contribution in [0.2, 0.25) is 0 Å². The molecule has 0 spiro atoms. The molecule has 0 aliphatic heterocycles. The van der Waals surface area contributed by atoms with Crippen LogP contribution in [0, 0.1) is 5.82 Å². The molecule has 0 amide bonds. The van der Waals surface area contributed by atoms with Crippen molar-refractivity contribution in [2.24, 2.45) is 4.99 Å². The smallest absolute Gasteiger partial charge is 0.250 e. The molecule has 6 nitrogen and oxygen atoms in total. The number of rotatable bonds is 8. The average molecular weight is 423 g/mol. The summed E-state index contributed by atoms with van der Waals surface area (Å²) in [6.45, 7) is 3.46. The maximum Gasteiger partial charge on any atom is 0.250 e. The summed E-state index contributed by atoms with van der Waals surface area (Å²) in [5.74, 6) is 0.485. The molecule has 1 heterocycles. The Bertz CT molecular complexity index is 1060. The lowest BCUT2D eigenvalue weighted by atomic mass is 10.1. The van der Waals surface area contributed by atoms with E-state index < -0.39 is 0 Å².